The molecule has 0 spiro atoms. The van der Waals surface area contributed by atoms with Gasteiger partial charge in [-0.2, -0.15) is 0 Å². The number of esters is 1. The molecule has 0 aliphatic carbocycles. The Kier molecular flexibility index (Phi) is 44.1. The minimum Gasteiger partial charge on any atom is -0.462 e. The van der Waals surface area contributed by atoms with Crippen LogP contribution in [0.2, 0.25) is 0 Å². The number of rotatable bonds is 45. The molecule has 0 aromatic carbocycles. The summed E-state index contributed by atoms with van der Waals surface area (Å²) < 4.78 is 5.88. The monoisotopic (exact) mass is 804 g/mol. The normalized spacial score (nSPS) is 13.4. The minimum atomic E-state index is -0.791. The van der Waals surface area contributed by atoms with E-state index in [0.29, 0.717) is 25.7 Å². The lowest BCUT2D eigenvalue weighted by molar-refractivity contribution is -0.150. The largest absolute Gasteiger partial charge is 0.462 e. The van der Waals surface area contributed by atoms with Crippen LogP contribution in [0.1, 0.15) is 265 Å². The van der Waals surface area contributed by atoms with E-state index in [2.05, 4.69) is 44.3 Å². The van der Waals surface area contributed by atoms with Gasteiger partial charge in [-0.15, -0.1) is 0 Å². The van der Waals surface area contributed by atoms with Crippen molar-refractivity contribution in [2.45, 2.75) is 283 Å². The first-order valence-corrected chi connectivity index (χ1v) is 25.1. The first-order chi connectivity index (χ1) is 28.0. The number of carbonyl (C=O) groups is 2. The van der Waals surface area contributed by atoms with Crippen LogP contribution in [0.15, 0.2) is 24.3 Å². The zero-order chi connectivity index (χ0) is 41.7. The summed E-state index contributed by atoms with van der Waals surface area (Å²) in [4.78, 5) is 26.0. The fourth-order valence-corrected chi connectivity index (χ4v) is 7.72. The van der Waals surface area contributed by atoms with Crippen LogP contribution in [-0.4, -0.2) is 46.9 Å². The molecular weight excluding hydrogens is 707 g/mol. The molecule has 0 rings (SSSR count). The van der Waals surface area contributed by atoms with Gasteiger partial charge in [-0.3, -0.25) is 9.59 Å². The first-order valence-electron chi connectivity index (χ1n) is 25.1. The molecule has 0 saturated heterocycles. The molecule has 6 heteroatoms. The quantitative estimate of drug-likeness (QED) is 0.0324. The third-order valence-electron chi connectivity index (χ3n) is 11.5. The summed E-state index contributed by atoms with van der Waals surface area (Å²) >= 11 is 0. The topological polar surface area (TPSA) is 95.9 Å². The van der Waals surface area contributed by atoms with E-state index in [1.54, 1.807) is 0 Å². The van der Waals surface area contributed by atoms with Gasteiger partial charge in [0.05, 0.1) is 25.2 Å². The van der Waals surface area contributed by atoms with E-state index >= 15 is 0 Å². The fourth-order valence-electron chi connectivity index (χ4n) is 7.72. The molecule has 0 bridgehead atoms. The van der Waals surface area contributed by atoms with Gasteiger partial charge in [0.15, 0.2) is 0 Å². The molecule has 0 aromatic heterocycles. The lowest BCUT2D eigenvalue weighted by Gasteiger charge is -2.24. The Hall–Kier alpha value is -1.66. The van der Waals surface area contributed by atoms with Gasteiger partial charge in [-0.1, -0.05) is 231 Å². The van der Waals surface area contributed by atoms with Crippen molar-refractivity contribution < 1.29 is 24.5 Å². The highest BCUT2D eigenvalue weighted by Gasteiger charge is 2.24. The Morgan fingerprint density at radius 3 is 1.33 bits per heavy atom. The number of hydrogen-bond acceptors (Lipinski definition) is 5. The van der Waals surface area contributed by atoms with Gasteiger partial charge in [0, 0.05) is 6.42 Å². The highest BCUT2D eigenvalue weighted by molar-refractivity contribution is 5.77. The summed E-state index contributed by atoms with van der Waals surface area (Å²) in [6.07, 6.45) is 51.0. The number of hydrogen-bond donors (Lipinski definition) is 3. The minimum absolute atomic E-state index is 0.0603. The lowest BCUT2D eigenvalue weighted by atomic mass is 10.0. The van der Waals surface area contributed by atoms with Crippen LogP contribution in [-0.2, 0) is 14.3 Å². The van der Waals surface area contributed by atoms with Crippen LogP contribution < -0.4 is 5.32 Å². The molecule has 57 heavy (non-hydrogen) atoms. The molecule has 0 aliphatic heterocycles. The zero-order valence-electron chi connectivity index (χ0n) is 38.2. The number of allylic oxidation sites excluding steroid dienone is 4. The summed E-state index contributed by atoms with van der Waals surface area (Å²) in [5.74, 6) is -0.543. The van der Waals surface area contributed by atoms with E-state index in [1.165, 1.54) is 161 Å². The number of carbonyl (C=O) groups excluding carboxylic acids is 2. The number of aliphatic hydroxyl groups is 2. The van der Waals surface area contributed by atoms with E-state index < -0.39 is 18.2 Å². The Balaban J connectivity index is 4.57. The van der Waals surface area contributed by atoms with Crippen LogP contribution in [0.3, 0.4) is 0 Å². The van der Waals surface area contributed by atoms with E-state index in [4.69, 9.17) is 4.74 Å². The molecule has 0 saturated carbocycles. The number of aliphatic hydroxyl groups excluding tert-OH is 2. The predicted octanol–water partition coefficient (Wildman–Crippen LogP) is 14.7. The number of ether oxygens (including phenoxy) is 1. The molecule has 0 aromatic rings. The third kappa shape index (κ3) is 40.9. The van der Waals surface area contributed by atoms with Crippen molar-refractivity contribution in [3.63, 3.8) is 0 Å². The Bertz CT molecular complexity index is 904. The van der Waals surface area contributed by atoms with Gasteiger partial charge >= 0.3 is 5.97 Å². The van der Waals surface area contributed by atoms with Crippen LogP contribution in [0.25, 0.3) is 0 Å². The molecule has 0 heterocycles. The van der Waals surface area contributed by atoms with E-state index in [1.807, 2.05) is 6.08 Å². The predicted molar refractivity (Wildman–Crippen MR) is 246 cm³/mol. The van der Waals surface area contributed by atoms with Gasteiger partial charge in [0.25, 0.3) is 0 Å². The lowest BCUT2D eigenvalue weighted by Crippen LogP contribution is -2.46. The van der Waals surface area contributed by atoms with Crippen molar-refractivity contribution in [2.24, 2.45) is 0 Å². The molecule has 3 atom stereocenters. The van der Waals surface area contributed by atoms with Crippen molar-refractivity contribution >= 4 is 11.9 Å². The molecule has 0 aliphatic rings. The molecule has 1 amide bonds. The van der Waals surface area contributed by atoms with Crippen molar-refractivity contribution in [1.82, 2.24) is 5.32 Å². The van der Waals surface area contributed by atoms with Crippen LogP contribution in [0, 0.1) is 0 Å². The van der Waals surface area contributed by atoms with E-state index in [9.17, 15) is 19.8 Å². The van der Waals surface area contributed by atoms with Gasteiger partial charge in [-0.05, 0) is 44.9 Å². The smallest absolute Gasteiger partial charge is 0.306 e. The zero-order valence-corrected chi connectivity index (χ0v) is 38.2. The summed E-state index contributed by atoms with van der Waals surface area (Å²) in [5.41, 5.74) is 0. The second kappa shape index (κ2) is 45.4. The number of unbranched alkanes of at least 4 members (excludes halogenated alkanes) is 29. The maximum Gasteiger partial charge on any atom is 0.306 e. The highest BCUT2D eigenvalue weighted by atomic mass is 16.5. The van der Waals surface area contributed by atoms with Crippen LogP contribution >= 0.6 is 0 Å². The van der Waals surface area contributed by atoms with Gasteiger partial charge in [0.2, 0.25) is 5.91 Å². The van der Waals surface area contributed by atoms with Crippen LogP contribution in [0.4, 0.5) is 0 Å². The average molecular weight is 804 g/mol. The van der Waals surface area contributed by atoms with E-state index in [0.717, 1.165) is 51.4 Å². The highest BCUT2D eigenvalue weighted by Crippen LogP contribution is 2.18. The molecule has 6 nitrogen and oxygen atoms in total. The Morgan fingerprint density at radius 1 is 0.509 bits per heavy atom. The second-order valence-corrected chi connectivity index (χ2v) is 17.2. The second-order valence-electron chi connectivity index (χ2n) is 17.2. The summed E-state index contributed by atoms with van der Waals surface area (Å²) in [5, 5.41) is 23.7. The van der Waals surface area contributed by atoms with Crippen LogP contribution in [0.5, 0.6) is 0 Å². The van der Waals surface area contributed by atoms with Gasteiger partial charge in [0.1, 0.15) is 6.10 Å². The maximum atomic E-state index is 13.2. The Morgan fingerprint density at radius 2 is 0.895 bits per heavy atom. The van der Waals surface area contributed by atoms with Crippen molar-refractivity contribution in [3.05, 3.63) is 24.3 Å². The van der Waals surface area contributed by atoms with Crippen molar-refractivity contribution in [3.8, 4) is 0 Å². The SMILES string of the molecule is CCCCCCCC/C=C\C/C=C/CCC(=O)OC(CCCCCCCCCCCCC)CC(=O)NC(CO)C(O)CCCCCCCCCCCCCCCC. The first kappa shape index (κ1) is 55.3. The van der Waals surface area contributed by atoms with E-state index in [-0.39, 0.29) is 24.9 Å². The molecular formula is C51H97NO5. The molecule has 3 unspecified atom stereocenters. The molecule has 0 fully saturated rings. The fraction of sp³-hybridized carbons (Fsp3) is 0.882. The van der Waals surface area contributed by atoms with Crippen molar-refractivity contribution in [1.29, 1.82) is 0 Å². The Labute approximate surface area is 354 Å². The summed E-state index contributed by atoms with van der Waals surface area (Å²) in [6, 6.07) is -0.706. The average Bonchev–Trinajstić information content (AvgIpc) is 3.20. The van der Waals surface area contributed by atoms with Gasteiger partial charge < -0.3 is 20.3 Å². The summed E-state index contributed by atoms with van der Waals surface area (Å²) in [6.45, 7) is 6.47. The number of amides is 1. The molecule has 0 radical (unpaired) electrons. The standard InChI is InChI=1S/C51H97NO5/c1-4-7-10-13-16-19-22-24-26-28-31-34-37-40-43-49(54)48(46-53)52-50(55)45-47(42-39-36-33-30-27-21-18-15-12-9-6-3)57-51(56)44-41-38-35-32-29-25-23-20-17-14-11-8-5-2/h25,29,35,38,47-49,53-54H,4-24,26-28,30-34,36-37,39-46H2,1-3H3,(H,52,55)/b29-25-,38-35+. The number of nitrogens with one attached hydrogen (secondary N) is 1. The van der Waals surface area contributed by atoms with Crippen molar-refractivity contribution in [2.75, 3.05) is 6.61 Å². The molecule has 336 valence electrons. The van der Waals surface area contributed by atoms with Gasteiger partial charge in [-0.25, -0.2) is 0 Å². The third-order valence-corrected chi connectivity index (χ3v) is 11.5. The summed E-state index contributed by atoms with van der Waals surface area (Å²) in [7, 11) is 0. The molecule has 3 N–H and O–H groups in total. The maximum absolute atomic E-state index is 13.2.